The van der Waals surface area contributed by atoms with Crippen LogP contribution >= 0.6 is 0 Å². The maximum Gasteiger partial charge on any atom is 0.325 e. The Balaban J connectivity index is 1.96. The number of ether oxygens (including phenoxy) is 1. The smallest absolute Gasteiger partial charge is 0.325 e. The van der Waals surface area contributed by atoms with Crippen LogP contribution < -0.4 is 5.32 Å². The molecule has 0 spiro atoms. The van der Waals surface area contributed by atoms with Crippen molar-refractivity contribution in [2.24, 2.45) is 11.8 Å². The minimum atomic E-state index is -0.471. The highest BCUT2D eigenvalue weighted by Gasteiger charge is 2.41. The minimum Gasteiger partial charge on any atom is -0.468 e. The second-order valence-electron chi connectivity index (χ2n) is 6.14. The quantitative estimate of drug-likeness (QED) is 0.753. The van der Waals surface area contributed by atoms with Crippen molar-refractivity contribution < 1.29 is 9.53 Å². The SMILES string of the molecule is COC(=O)C1(C)CC(C2CCN(C)CC2)CCN1. The molecule has 0 saturated carbocycles. The number of hydrogen-bond acceptors (Lipinski definition) is 4. The van der Waals surface area contributed by atoms with Crippen LogP contribution in [0.1, 0.15) is 32.6 Å². The maximum absolute atomic E-state index is 11.9. The monoisotopic (exact) mass is 254 g/mol. The van der Waals surface area contributed by atoms with Crippen molar-refractivity contribution in [1.29, 1.82) is 0 Å². The van der Waals surface area contributed by atoms with Crippen LogP contribution in [0, 0.1) is 11.8 Å². The second kappa shape index (κ2) is 5.57. The molecule has 0 aliphatic carbocycles. The highest BCUT2D eigenvalue weighted by Crippen LogP contribution is 2.35. The molecule has 18 heavy (non-hydrogen) atoms. The van der Waals surface area contributed by atoms with Gasteiger partial charge in [-0.1, -0.05) is 0 Å². The summed E-state index contributed by atoms with van der Waals surface area (Å²) in [6.07, 6.45) is 4.67. The number of methoxy groups -OCH3 is 1. The molecule has 4 heteroatoms. The van der Waals surface area contributed by atoms with E-state index in [0.717, 1.165) is 18.9 Å². The van der Waals surface area contributed by atoms with Crippen molar-refractivity contribution in [3.05, 3.63) is 0 Å². The lowest BCUT2D eigenvalue weighted by Gasteiger charge is -2.42. The number of carbonyl (C=O) groups is 1. The van der Waals surface area contributed by atoms with Crippen molar-refractivity contribution in [2.45, 2.75) is 38.1 Å². The highest BCUT2D eigenvalue weighted by molar-refractivity contribution is 5.80. The van der Waals surface area contributed by atoms with Gasteiger partial charge in [0.1, 0.15) is 5.54 Å². The molecule has 104 valence electrons. The largest absolute Gasteiger partial charge is 0.468 e. The number of nitrogens with one attached hydrogen (secondary N) is 1. The van der Waals surface area contributed by atoms with Crippen LogP contribution in [-0.2, 0) is 9.53 Å². The van der Waals surface area contributed by atoms with Crippen LogP contribution in [0.25, 0.3) is 0 Å². The van der Waals surface area contributed by atoms with Crippen LogP contribution in [0.2, 0.25) is 0 Å². The molecular formula is C14H26N2O2. The second-order valence-corrected chi connectivity index (χ2v) is 6.14. The summed E-state index contributed by atoms with van der Waals surface area (Å²) in [5, 5.41) is 3.34. The van der Waals surface area contributed by atoms with Crippen molar-refractivity contribution in [3.63, 3.8) is 0 Å². The molecule has 0 aromatic carbocycles. The van der Waals surface area contributed by atoms with E-state index in [0.29, 0.717) is 5.92 Å². The van der Waals surface area contributed by atoms with E-state index in [1.807, 2.05) is 6.92 Å². The number of rotatable bonds is 2. The molecule has 4 nitrogen and oxygen atoms in total. The van der Waals surface area contributed by atoms with E-state index in [1.54, 1.807) is 0 Å². The normalized spacial score (nSPS) is 35.4. The molecule has 0 bridgehead atoms. The van der Waals surface area contributed by atoms with Gasteiger partial charge in [-0.2, -0.15) is 0 Å². The van der Waals surface area contributed by atoms with E-state index in [4.69, 9.17) is 4.74 Å². The summed E-state index contributed by atoms with van der Waals surface area (Å²) in [6.45, 7) is 5.32. The van der Waals surface area contributed by atoms with E-state index < -0.39 is 5.54 Å². The minimum absolute atomic E-state index is 0.111. The third-order valence-electron chi connectivity index (χ3n) is 4.77. The first-order chi connectivity index (χ1) is 8.55. The molecule has 2 fully saturated rings. The summed E-state index contributed by atoms with van der Waals surface area (Å²) in [6, 6.07) is 0. The van der Waals surface area contributed by atoms with E-state index >= 15 is 0 Å². The van der Waals surface area contributed by atoms with Crippen molar-refractivity contribution in [2.75, 3.05) is 33.8 Å². The van der Waals surface area contributed by atoms with Gasteiger partial charge >= 0.3 is 5.97 Å². The molecule has 2 aliphatic heterocycles. The fraction of sp³-hybridized carbons (Fsp3) is 0.929. The van der Waals surface area contributed by atoms with Gasteiger partial charge in [0.05, 0.1) is 7.11 Å². The van der Waals surface area contributed by atoms with E-state index in [2.05, 4.69) is 17.3 Å². The third kappa shape index (κ3) is 2.86. The molecule has 0 amide bonds. The van der Waals surface area contributed by atoms with E-state index in [-0.39, 0.29) is 5.97 Å². The molecular weight excluding hydrogens is 228 g/mol. The molecule has 2 rings (SSSR count). The van der Waals surface area contributed by atoms with Gasteiger partial charge in [-0.05, 0) is 71.1 Å². The molecule has 2 heterocycles. The number of likely N-dealkylation sites (tertiary alicyclic amines) is 1. The van der Waals surface area contributed by atoms with Gasteiger partial charge in [-0.15, -0.1) is 0 Å². The molecule has 0 radical (unpaired) electrons. The number of piperidine rings is 2. The summed E-state index contributed by atoms with van der Waals surface area (Å²) in [5.41, 5.74) is -0.471. The summed E-state index contributed by atoms with van der Waals surface area (Å²) < 4.78 is 4.94. The maximum atomic E-state index is 11.9. The molecule has 0 aromatic heterocycles. The fourth-order valence-electron chi connectivity index (χ4n) is 3.52. The van der Waals surface area contributed by atoms with Gasteiger partial charge in [-0.25, -0.2) is 0 Å². The highest BCUT2D eigenvalue weighted by atomic mass is 16.5. The van der Waals surface area contributed by atoms with Crippen molar-refractivity contribution in [3.8, 4) is 0 Å². The van der Waals surface area contributed by atoms with Gasteiger partial charge < -0.3 is 15.0 Å². The predicted octanol–water partition coefficient (Wildman–Crippen LogP) is 1.26. The Labute approximate surface area is 110 Å². The van der Waals surface area contributed by atoms with Crippen LogP contribution in [-0.4, -0.2) is 50.2 Å². The number of carbonyl (C=O) groups excluding carboxylic acids is 1. The van der Waals surface area contributed by atoms with Gasteiger partial charge in [0, 0.05) is 0 Å². The van der Waals surface area contributed by atoms with Gasteiger partial charge in [0.2, 0.25) is 0 Å². The van der Waals surface area contributed by atoms with Crippen LogP contribution in [0.4, 0.5) is 0 Å². The molecule has 2 atom stereocenters. The average Bonchev–Trinajstić information content (AvgIpc) is 2.38. The van der Waals surface area contributed by atoms with Crippen molar-refractivity contribution in [1.82, 2.24) is 10.2 Å². The molecule has 1 N–H and O–H groups in total. The van der Waals surface area contributed by atoms with Crippen LogP contribution in [0.3, 0.4) is 0 Å². The Morgan fingerprint density at radius 1 is 1.28 bits per heavy atom. The zero-order chi connectivity index (χ0) is 13.2. The summed E-state index contributed by atoms with van der Waals surface area (Å²) >= 11 is 0. The number of esters is 1. The van der Waals surface area contributed by atoms with Crippen molar-refractivity contribution >= 4 is 5.97 Å². The Morgan fingerprint density at radius 2 is 1.94 bits per heavy atom. The number of nitrogens with zero attached hydrogens (tertiary/aromatic N) is 1. The molecule has 2 unspecified atom stereocenters. The molecule has 0 aromatic rings. The van der Waals surface area contributed by atoms with Gasteiger partial charge in [-0.3, -0.25) is 4.79 Å². The lowest BCUT2D eigenvalue weighted by atomic mass is 9.73. The van der Waals surface area contributed by atoms with E-state index in [1.165, 1.54) is 39.5 Å². The average molecular weight is 254 g/mol. The Kier molecular flexibility index (Phi) is 4.28. The zero-order valence-electron chi connectivity index (χ0n) is 11.9. The first kappa shape index (κ1) is 13.8. The Bertz CT molecular complexity index is 300. The predicted molar refractivity (Wildman–Crippen MR) is 71.4 cm³/mol. The number of hydrogen-bond donors (Lipinski definition) is 1. The third-order valence-corrected chi connectivity index (χ3v) is 4.77. The van der Waals surface area contributed by atoms with Crippen LogP contribution in [0.15, 0.2) is 0 Å². The lowest BCUT2D eigenvalue weighted by Crippen LogP contribution is -2.56. The molecule has 2 saturated heterocycles. The fourth-order valence-corrected chi connectivity index (χ4v) is 3.52. The van der Waals surface area contributed by atoms with Crippen LogP contribution in [0.5, 0.6) is 0 Å². The first-order valence-electron chi connectivity index (χ1n) is 7.07. The first-order valence-corrected chi connectivity index (χ1v) is 7.07. The lowest BCUT2D eigenvalue weighted by molar-refractivity contribution is -0.150. The zero-order valence-corrected chi connectivity index (χ0v) is 11.9. The standard InChI is InChI=1S/C14H26N2O2/c1-14(13(17)18-3)10-12(4-7-15-14)11-5-8-16(2)9-6-11/h11-12,15H,4-10H2,1-3H3. The Morgan fingerprint density at radius 3 is 2.56 bits per heavy atom. The Hall–Kier alpha value is -0.610. The molecule has 2 aliphatic rings. The summed E-state index contributed by atoms with van der Waals surface area (Å²) in [4.78, 5) is 14.3. The van der Waals surface area contributed by atoms with Gasteiger partial charge in [0.25, 0.3) is 0 Å². The summed E-state index contributed by atoms with van der Waals surface area (Å²) in [5.74, 6) is 1.34. The summed E-state index contributed by atoms with van der Waals surface area (Å²) in [7, 11) is 3.67. The topological polar surface area (TPSA) is 41.6 Å². The van der Waals surface area contributed by atoms with E-state index in [9.17, 15) is 4.79 Å². The van der Waals surface area contributed by atoms with Gasteiger partial charge in [0.15, 0.2) is 0 Å².